The maximum Gasteiger partial charge on any atom is 0.182 e. The van der Waals surface area contributed by atoms with Crippen LogP contribution in [0, 0.1) is 5.41 Å². The largest absolute Gasteiger partial charge is 0.299 e. The van der Waals surface area contributed by atoms with Crippen molar-refractivity contribution in [3.8, 4) is 0 Å². The Kier molecular flexibility index (Phi) is 1.68. The first-order chi connectivity index (χ1) is 6.10. The Morgan fingerprint density at radius 3 is 2.77 bits per heavy atom. The highest BCUT2D eigenvalue weighted by molar-refractivity contribution is 5.88. The van der Waals surface area contributed by atoms with Crippen molar-refractivity contribution in [2.45, 2.75) is 26.2 Å². The van der Waals surface area contributed by atoms with E-state index in [1.165, 1.54) is 4.80 Å². The number of carbonyl (C=O) groups excluding carboxylic acids is 1. The molecule has 5 heteroatoms. The first-order valence-corrected chi connectivity index (χ1v) is 4.36. The molecule has 5 nitrogen and oxygen atoms in total. The second kappa shape index (κ2) is 2.61. The van der Waals surface area contributed by atoms with E-state index in [0.717, 1.165) is 12.8 Å². The second-order valence-electron chi connectivity index (χ2n) is 3.86. The van der Waals surface area contributed by atoms with Crippen molar-refractivity contribution in [2.24, 2.45) is 12.5 Å². The van der Waals surface area contributed by atoms with Gasteiger partial charge in [0.05, 0.1) is 13.5 Å². The molecule has 70 valence electrons. The highest BCUT2D eigenvalue weighted by atomic mass is 16.1. The number of hydrogen-bond donors (Lipinski definition) is 0. The number of rotatable bonds is 3. The molecule has 0 aromatic carbocycles. The lowest BCUT2D eigenvalue weighted by molar-refractivity contribution is -0.123. The van der Waals surface area contributed by atoms with Crippen LogP contribution in [0.4, 0.5) is 0 Å². The van der Waals surface area contributed by atoms with Gasteiger partial charge < -0.3 is 0 Å². The van der Waals surface area contributed by atoms with E-state index in [4.69, 9.17) is 0 Å². The molecule has 0 unspecified atom stereocenters. The second-order valence-corrected chi connectivity index (χ2v) is 3.86. The quantitative estimate of drug-likeness (QED) is 0.663. The fourth-order valence-electron chi connectivity index (χ4n) is 1.22. The average molecular weight is 180 g/mol. The lowest BCUT2D eigenvalue weighted by Gasteiger charge is -2.02. The molecule has 0 aliphatic heterocycles. The first-order valence-electron chi connectivity index (χ1n) is 4.36. The van der Waals surface area contributed by atoms with Crippen LogP contribution in [0.5, 0.6) is 0 Å². The molecule has 1 aliphatic rings. The summed E-state index contributed by atoms with van der Waals surface area (Å²) < 4.78 is 0. The van der Waals surface area contributed by atoms with Gasteiger partial charge in [-0.25, -0.2) is 0 Å². The van der Waals surface area contributed by atoms with Gasteiger partial charge >= 0.3 is 0 Å². The van der Waals surface area contributed by atoms with E-state index in [0.29, 0.717) is 12.2 Å². The molecule has 0 radical (unpaired) electrons. The van der Waals surface area contributed by atoms with E-state index < -0.39 is 0 Å². The molecular weight excluding hydrogens is 168 g/mol. The van der Waals surface area contributed by atoms with Crippen LogP contribution in [0.3, 0.4) is 0 Å². The molecule has 0 spiro atoms. The van der Waals surface area contributed by atoms with Gasteiger partial charge in [0, 0.05) is 5.41 Å². The summed E-state index contributed by atoms with van der Waals surface area (Å²) >= 11 is 0. The van der Waals surface area contributed by atoms with Crippen molar-refractivity contribution in [1.29, 1.82) is 0 Å². The average Bonchev–Trinajstić information content (AvgIpc) is 2.69. The van der Waals surface area contributed by atoms with Gasteiger partial charge in [0.25, 0.3) is 0 Å². The molecule has 1 aromatic heterocycles. The van der Waals surface area contributed by atoms with Gasteiger partial charge in [-0.15, -0.1) is 10.2 Å². The molecule has 1 aromatic rings. The molecular formula is C8H12N4O. The Morgan fingerprint density at radius 1 is 1.62 bits per heavy atom. The number of nitrogens with zero attached hydrogens (tertiary/aromatic N) is 4. The van der Waals surface area contributed by atoms with Crippen LogP contribution in [0.1, 0.15) is 25.6 Å². The number of Topliss-reactive ketones (excluding diaryl/α,β-unsaturated/α-hetero) is 1. The zero-order valence-corrected chi connectivity index (χ0v) is 7.82. The molecule has 1 aliphatic carbocycles. The number of tetrazole rings is 1. The molecule has 1 fully saturated rings. The minimum absolute atomic E-state index is 0.0841. The zero-order valence-electron chi connectivity index (χ0n) is 7.82. The third kappa shape index (κ3) is 1.59. The van der Waals surface area contributed by atoms with Crippen LogP contribution in [-0.2, 0) is 18.3 Å². The third-order valence-electron chi connectivity index (χ3n) is 2.54. The van der Waals surface area contributed by atoms with Crippen molar-refractivity contribution < 1.29 is 4.79 Å². The lowest BCUT2D eigenvalue weighted by Crippen LogP contribution is -2.15. The molecule has 0 saturated heterocycles. The Bertz CT molecular complexity index is 340. The van der Waals surface area contributed by atoms with Gasteiger partial charge in [0.2, 0.25) is 0 Å². The zero-order chi connectivity index (χ0) is 9.47. The monoisotopic (exact) mass is 180 g/mol. The van der Waals surface area contributed by atoms with E-state index >= 15 is 0 Å². The predicted octanol–water partition coefficient (Wildman–Crippen LogP) is 0.122. The highest BCUT2D eigenvalue weighted by Crippen LogP contribution is 2.46. The Morgan fingerprint density at radius 2 is 2.31 bits per heavy atom. The topological polar surface area (TPSA) is 60.7 Å². The van der Waals surface area contributed by atoms with Gasteiger partial charge in [0.15, 0.2) is 5.82 Å². The molecule has 0 atom stereocenters. The van der Waals surface area contributed by atoms with Gasteiger partial charge in [-0.05, 0) is 18.1 Å². The summed E-state index contributed by atoms with van der Waals surface area (Å²) in [5, 5.41) is 11.4. The van der Waals surface area contributed by atoms with E-state index in [-0.39, 0.29) is 11.2 Å². The molecule has 1 saturated carbocycles. The standard InChI is InChI=1S/C8H12N4O/c1-8(3-4-8)6(13)5-7-9-11-12(2)10-7/h3-5H2,1-2H3. The molecule has 2 rings (SSSR count). The van der Waals surface area contributed by atoms with Crippen LogP contribution >= 0.6 is 0 Å². The van der Waals surface area contributed by atoms with Crippen LogP contribution in [-0.4, -0.2) is 26.0 Å². The van der Waals surface area contributed by atoms with Crippen molar-refractivity contribution in [3.63, 3.8) is 0 Å². The number of ketones is 1. The summed E-state index contributed by atoms with van der Waals surface area (Å²) in [6.07, 6.45) is 2.34. The van der Waals surface area contributed by atoms with Gasteiger partial charge in [-0.1, -0.05) is 6.92 Å². The van der Waals surface area contributed by atoms with Gasteiger partial charge in [-0.3, -0.25) is 4.79 Å². The molecule has 0 bridgehead atoms. The molecule has 13 heavy (non-hydrogen) atoms. The number of aryl methyl sites for hydroxylation is 1. The summed E-state index contributed by atoms with van der Waals surface area (Å²) in [5.74, 6) is 0.765. The first kappa shape index (κ1) is 8.34. The molecule has 1 heterocycles. The fraction of sp³-hybridized carbons (Fsp3) is 0.750. The Labute approximate surface area is 76.1 Å². The Balaban J connectivity index is 2.02. The SMILES string of the molecule is Cn1nnc(CC(=O)C2(C)CC2)n1. The third-order valence-corrected chi connectivity index (χ3v) is 2.54. The summed E-state index contributed by atoms with van der Waals surface area (Å²) in [6, 6.07) is 0. The normalized spacial score (nSPS) is 18.6. The van der Waals surface area contributed by atoms with Crippen molar-refractivity contribution >= 4 is 5.78 Å². The number of carbonyl (C=O) groups is 1. The highest BCUT2D eigenvalue weighted by Gasteiger charge is 2.44. The molecule has 0 N–H and O–H groups in total. The summed E-state index contributed by atoms with van der Waals surface area (Å²) in [5.41, 5.74) is -0.0841. The summed E-state index contributed by atoms with van der Waals surface area (Å²) in [6.45, 7) is 1.99. The summed E-state index contributed by atoms with van der Waals surface area (Å²) in [7, 11) is 1.69. The minimum Gasteiger partial charge on any atom is -0.299 e. The maximum absolute atomic E-state index is 11.6. The lowest BCUT2D eigenvalue weighted by atomic mass is 10.0. The molecule has 0 amide bonds. The smallest absolute Gasteiger partial charge is 0.182 e. The fourth-order valence-corrected chi connectivity index (χ4v) is 1.22. The van der Waals surface area contributed by atoms with Crippen LogP contribution in [0.2, 0.25) is 0 Å². The minimum atomic E-state index is -0.0841. The van der Waals surface area contributed by atoms with E-state index in [9.17, 15) is 4.79 Å². The number of aromatic nitrogens is 4. The van der Waals surface area contributed by atoms with E-state index in [2.05, 4.69) is 15.4 Å². The Hall–Kier alpha value is -1.26. The maximum atomic E-state index is 11.6. The van der Waals surface area contributed by atoms with Crippen LogP contribution in [0.15, 0.2) is 0 Å². The van der Waals surface area contributed by atoms with Gasteiger partial charge in [0.1, 0.15) is 5.78 Å². The predicted molar refractivity (Wildman–Crippen MR) is 44.9 cm³/mol. The van der Waals surface area contributed by atoms with Gasteiger partial charge in [-0.2, -0.15) is 4.80 Å². The van der Waals surface area contributed by atoms with Crippen LogP contribution < -0.4 is 0 Å². The van der Waals surface area contributed by atoms with E-state index in [1.807, 2.05) is 6.92 Å². The van der Waals surface area contributed by atoms with Crippen molar-refractivity contribution in [1.82, 2.24) is 20.2 Å². The summed E-state index contributed by atoms with van der Waals surface area (Å²) in [4.78, 5) is 13.0. The van der Waals surface area contributed by atoms with E-state index in [1.54, 1.807) is 7.05 Å². The van der Waals surface area contributed by atoms with Crippen LogP contribution in [0.25, 0.3) is 0 Å². The number of hydrogen-bond acceptors (Lipinski definition) is 4. The van der Waals surface area contributed by atoms with Crippen molar-refractivity contribution in [3.05, 3.63) is 5.82 Å². The van der Waals surface area contributed by atoms with Crippen molar-refractivity contribution in [2.75, 3.05) is 0 Å².